The van der Waals surface area contributed by atoms with Crippen LogP contribution in [-0.2, 0) is 4.74 Å². The van der Waals surface area contributed by atoms with Gasteiger partial charge < -0.3 is 20.3 Å². The monoisotopic (exact) mass is 464 g/mol. The molecule has 1 atom stereocenters. The predicted molar refractivity (Wildman–Crippen MR) is 111 cm³/mol. The highest BCUT2D eigenvalue weighted by Crippen LogP contribution is 2.16. The molecule has 2 N–H and O–H groups in total. The first kappa shape index (κ1) is 22.1. The van der Waals surface area contributed by atoms with E-state index in [9.17, 15) is 4.39 Å². The van der Waals surface area contributed by atoms with E-state index in [0.717, 1.165) is 24.6 Å². The van der Waals surface area contributed by atoms with E-state index in [1.54, 1.807) is 26.3 Å². The average molecular weight is 464 g/mol. The van der Waals surface area contributed by atoms with Gasteiger partial charge in [-0.3, -0.25) is 4.99 Å². The zero-order valence-electron chi connectivity index (χ0n) is 15.1. The molecule has 1 heterocycles. The van der Waals surface area contributed by atoms with Crippen LogP contribution in [0.3, 0.4) is 0 Å². The summed E-state index contributed by atoms with van der Waals surface area (Å²) < 4.78 is 18.5. The molecule has 0 saturated carbocycles. The summed E-state index contributed by atoms with van der Waals surface area (Å²) in [6, 6.07) is 6.40. The number of hydrogen-bond acceptors (Lipinski definition) is 3. The Balaban J connectivity index is 0.00000312. The number of likely N-dealkylation sites (tertiary alicyclic amines) is 1. The van der Waals surface area contributed by atoms with Crippen LogP contribution in [0, 0.1) is 5.82 Å². The van der Waals surface area contributed by atoms with Crippen LogP contribution in [0.25, 0.3) is 0 Å². The molecule has 0 aliphatic carbocycles. The number of methoxy groups -OCH3 is 1. The summed E-state index contributed by atoms with van der Waals surface area (Å²) in [5, 5.41) is 6.61. The Hall–Kier alpha value is -0.930. The molecule has 1 fully saturated rings. The van der Waals surface area contributed by atoms with Gasteiger partial charge in [0.05, 0.1) is 6.10 Å². The number of rotatable bonds is 7. The molecule has 0 amide bonds. The third-order valence-electron chi connectivity index (χ3n) is 4.37. The van der Waals surface area contributed by atoms with Gasteiger partial charge in [0.2, 0.25) is 0 Å². The van der Waals surface area contributed by atoms with Gasteiger partial charge in [-0.25, -0.2) is 4.39 Å². The van der Waals surface area contributed by atoms with Crippen molar-refractivity contribution in [2.45, 2.75) is 25.4 Å². The second kappa shape index (κ2) is 12.4. The van der Waals surface area contributed by atoms with E-state index in [4.69, 9.17) is 4.74 Å². The molecule has 25 heavy (non-hydrogen) atoms. The highest BCUT2D eigenvalue weighted by atomic mass is 127. The van der Waals surface area contributed by atoms with Crippen molar-refractivity contribution >= 4 is 29.9 Å². The number of halogens is 2. The number of benzene rings is 1. The van der Waals surface area contributed by atoms with Gasteiger partial charge in [0.15, 0.2) is 5.96 Å². The van der Waals surface area contributed by atoms with Crippen molar-refractivity contribution in [2.75, 3.05) is 46.9 Å². The minimum atomic E-state index is -0.239. The molecule has 1 aromatic rings. The van der Waals surface area contributed by atoms with Crippen LogP contribution >= 0.6 is 24.0 Å². The van der Waals surface area contributed by atoms with Gasteiger partial charge in [-0.05, 0) is 43.6 Å². The lowest BCUT2D eigenvalue weighted by molar-refractivity contribution is 0.106. The molecule has 1 aliphatic heterocycles. The number of nitrogens with one attached hydrogen (secondary N) is 2. The van der Waals surface area contributed by atoms with E-state index < -0.39 is 0 Å². The van der Waals surface area contributed by atoms with Gasteiger partial charge >= 0.3 is 0 Å². The minimum Gasteiger partial charge on any atom is -0.375 e. The summed E-state index contributed by atoms with van der Waals surface area (Å²) in [7, 11) is 3.41. The summed E-state index contributed by atoms with van der Waals surface area (Å²) in [4.78, 5) is 6.73. The number of ether oxygens (including phenoxy) is 1. The van der Waals surface area contributed by atoms with Gasteiger partial charge in [0.1, 0.15) is 5.82 Å². The molecular formula is C18H30FIN4O. The summed E-state index contributed by atoms with van der Waals surface area (Å²) in [6.07, 6.45) is 3.82. The predicted octanol–water partition coefficient (Wildman–Crippen LogP) is 2.78. The maximum absolute atomic E-state index is 13.0. The topological polar surface area (TPSA) is 48.9 Å². The van der Waals surface area contributed by atoms with Crippen molar-refractivity contribution in [1.29, 1.82) is 0 Å². The lowest BCUT2D eigenvalue weighted by atomic mass is 10.1. The van der Waals surface area contributed by atoms with E-state index >= 15 is 0 Å². The Morgan fingerprint density at radius 3 is 2.48 bits per heavy atom. The number of piperidine rings is 1. The van der Waals surface area contributed by atoms with Gasteiger partial charge in [-0.2, -0.15) is 0 Å². The van der Waals surface area contributed by atoms with Crippen molar-refractivity contribution in [3.05, 3.63) is 35.6 Å². The number of guanidine groups is 1. The molecule has 1 unspecified atom stereocenters. The van der Waals surface area contributed by atoms with E-state index in [-0.39, 0.29) is 35.9 Å². The zero-order chi connectivity index (χ0) is 17.2. The van der Waals surface area contributed by atoms with Gasteiger partial charge in [-0.1, -0.05) is 18.6 Å². The van der Waals surface area contributed by atoms with Crippen LogP contribution in [0.4, 0.5) is 4.39 Å². The first-order chi connectivity index (χ1) is 11.7. The summed E-state index contributed by atoms with van der Waals surface area (Å²) in [6.45, 7) is 4.87. The number of hydrogen-bond donors (Lipinski definition) is 2. The quantitative estimate of drug-likeness (QED) is 0.370. The second-order valence-corrected chi connectivity index (χ2v) is 6.06. The number of aliphatic imine (C=N–C) groups is 1. The van der Waals surface area contributed by atoms with Crippen LogP contribution in [0.2, 0.25) is 0 Å². The second-order valence-electron chi connectivity index (χ2n) is 6.06. The van der Waals surface area contributed by atoms with Gasteiger partial charge in [0, 0.05) is 33.8 Å². The summed E-state index contributed by atoms with van der Waals surface area (Å²) in [5.74, 6) is 0.521. The fourth-order valence-electron chi connectivity index (χ4n) is 2.94. The van der Waals surface area contributed by atoms with Crippen molar-refractivity contribution in [1.82, 2.24) is 15.5 Å². The summed E-state index contributed by atoms with van der Waals surface area (Å²) >= 11 is 0. The van der Waals surface area contributed by atoms with Crippen molar-refractivity contribution in [3.8, 4) is 0 Å². The van der Waals surface area contributed by atoms with Crippen LogP contribution in [-0.4, -0.2) is 57.7 Å². The molecule has 2 rings (SSSR count). The maximum atomic E-state index is 13.0. The van der Waals surface area contributed by atoms with Crippen LogP contribution in [0.15, 0.2) is 29.3 Å². The number of nitrogens with zero attached hydrogens (tertiary/aromatic N) is 2. The van der Waals surface area contributed by atoms with E-state index in [1.165, 1.54) is 44.5 Å². The van der Waals surface area contributed by atoms with Crippen LogP contribution < -0.4 is 10.6 Å². The van der Waals surface area contributed by atoms with Crippen molar-refractivity contribution in [2.24, 2.45) is 4.99 Å². The molecule has 0 spiro atoms. The Morgan fingerprint density at radius 2 is 1.88 bits per heavy atom. The van der Waals surface area contributed by atoms with Gasteiger partial charge in [-0.15, -0.1) is 24.0 Å². The van der Waals surface area contributed by atoms with E-state index in [2.05, 4.69) is 20.5 Å². The first-order valence-corrected chi connectivity index (χ1v) is 8.68. The molecular weight excluding hydrogens is 434 g/mol. The van der Waals surface area contributed by atoms with E-state index in [0.29, 0.717) is 6.54 Å². The zero-order valence-corrected chi connectivity index (χ0v) is 17.5. The molecule has 142 valence electrons. The third kappa shape index (κ3) is 7.87. The van der Waals surface area contributed by atoms with Crippen molar-refractivity contribution < 1.29 is 9.13 Å². The minimum absolute atomic E-state index is 0. The smallest absolute Gasteiger partial charge is 0.191 e. The normalized spacial score (nSPS) is 16.8. The van der Waals surface area contributed by atoms with Gasteiger partial charge in [0.25, 0.3) is 0 Å². The van der Waals surface area contributed by atoms with Crippen LogP contribution in [0.5, 0.6) is 0 Å². The fraction of sp³-hybridized carbons (Fsp3) is 0.611. The molecule has 1 aliphatic rings. The largest absolute Gasteiger partial charge is 0.375 e. The molecule has 0 radical (unpaired) electrons. The lowest BCUT2D eigenvalue weighted by Gasteiger charge is -2.26. The maximum Gasteiger partial charge on any atom is 0.191 e. The molecule has 1 saturated heterocycles. The highest BCUT2D eigenvalue weighted by molar-refractivity contribution is 14.0. The van der Waals surface area contributed by atoms with Crippen molar-refractivity contribution in [3.63, 3.8) is 0 Å². The first-order valence-electron chi connectivity index (χ1n) is 8.68. The average Bonchev–Trinajstić information content (AvgIpc) is 2.63. The standard InChI is InChI=1S/C18H29FN4O.HI/c1-20-18(21-10-13-23-11-4-3-5-12-23)22-14-17(24-2)15-6-8-16(19)9-7-15;/h6-9,17H,3-5,10-14H2,1-2H3,(H2,20,21,22);1H. The lowest BCUT2D eigenvalue weighted by Crippen LogP contribution is -2.43. The highest BCUT2D eigenvalue weighted by Gasteiger charge is 2.12. The molecule has 0 aromatic heterocycles. The molecule has 0 bridgehead atoms. The Labute approximate surface area is 167 Å². The Kier molecular flexibility index (Phi) is 11.0. The molecule has 1 aromatic carbocycles. The Bertz CT molecular complexity index is 506. The Morgan fingerprint density at radius 1 is 1.20 bits per heavy atom. The fourth-order valence-corrected chi connectivity index (χ4v) is 2.94. The molecule has 7 heteroatoms. The summed E-state index contributed by atoms with van der Waals surface area (Å²) in [5.41, 5.74) is 0.940. The molecule has 5 nitrogen and oxygen atoms in total. The SMILES string of the molecule is CN=C(NCCN1CCCCC1)NCC(OC)c1ccc(F)cc1.I. The van der Waals surface area contributed by atoms with Crippen LogP contribution in [0.1, 0.15) is 30.9 Å². The third-order valence-corrected chi connectivity index (χ3v) is 4.37. The van der Waals surface area contributed by atoms with E-state index in [1.807, 2.05) is 0 Å².